The summed E-state index contributed by atoms with van der Waals surface area (Å²) < 4.78 is 24.5. The number of anilines is 2. The highest BCUT2D eigenvalue weighted by atomic mass is 19.1. The predicted octanol–water partition coefficient (Wildman–Crippen LogP) is 3.74. The zero-order chi connectivity index (χ0) is 26.3. The van der Waals surface area contributed by atoms with Crippen LogP contribution in [0.2, 0.25) is 0 Å². The standard InChI is InChI=1S/C22H24FN3O3.C5H10O2/c1-24(16-7-8-20(19(23)15-16)25-11-13-29-14-12-25)9-4-10-26-21(27)17-5-2-3-6-18(17)22(26)28;1-5(2,3)7-4-6/h2-3,5-8,15H,4,9-14H2,1H3;4H,1-3H3. The highest BCUT2D eigenvalue weighted by molar-refractivity contribution is 6.21. The molecule has 2 aliphatic heterocycles. The number of rotatable bonds is 7. The van der Waals surface area contributed by atoms with E-state index in [2.05, 4.69) is 4.74 Å². The van der Waals surface area contributed by atoms with Gasteiger partial charge in [-0.15, -0.1) is 0 Å². The summed E-state index contributed by atoms with van der Waals surface area (Å²) in [6, 6.07) is 12.1. The van der Waals surface area contributed by atoms with Gasteiger partial charge in [0, 0.05) is 38.9 Å². The SMILES string of the molecule is CC(C)(C)OC=O.CN(CCCN1C(=O)c2ccccc2C1=O)c1ccc(N2CCOCC2)c(F)c1. The second kappa shape index (κ2) is 12.0. The van der Waals surface area contributed by atoms with Crippen LogP contribution in [0.3, 0.4) is 0 Å². The first kappa shape index (κ1) is 27.1. The smallest absolute Gasteiger partial charge is 0.293 e. The Balaban J connectivity index is 0.000000454. The maximum Gasteiger partial charge on any atom is 0.293 e. The summed E-state index contributed by atoms with van der Waals surface area (Å²) in [5.41, 5.74) is 1.97. The lowest BCUT2D eigenvalue weighted by atomic mass is 10.1. The summed E-state index contributed by atoms with van der Waals surface area (Å²) in [5, 5.41) is 0. The summed E-state index contributed by atoms with van der Waals surface area (Å²) in [4.78, 5) is 39.6. The fraction of sp³-hybridized carbons (Fsp3) is 0.444. The lowest BCUT2D eigenvalue weighted by Crippen LogP contribution is -2.36. The minimum atomic E-state index is -0.318. The van der Waals surface area contributed by atoms with Crippen molar-refractivity contribution in [2.75, 3.05) is 56.2 Å². The third-order valence-corrected chi connectivity index (χ3v) is 5.88. The van der Waals surface area contributed by atoms with Gasteiger partial charge < -0.3 is 19.3 Å². The van der Waals surface area contributed by atoms with Crippen LogP contribution in [-0.4, -0.2) is 75.2 Å². The Hall–Kier alpha value is -3.46. The molecule has 36 heavy (non-hydrogen) atoms. The van der Waals surface area contributed by atoms with E-state index >= 15 is 0 Å². The number of hydrogen-bond donors (Lipinski definition) is 0. The number of nitrogens with zero attached hydrogens (tertiary/aromatic N) is 3. The molecule has 9 heteroatoms. The molecule has 2 amide bonds. The Morgan fingerprint density at radius 3 is 2.17 bits per heavy atom. The first-order chi connectivity index (χ1) is 17.1. The van der Waals surface area contributed by atoms with E-state index in [9.17, 15) is 18.8 Å². The molecule has 0 bridgehead atoms. The van der Waals surface area contributed by atoms with Crippen LogP contribution in [0.15, 0.2) is 42.5 Å². The number of morpholine rings is 1. The summed E-state index contributed by atoms with van der Waals surface area (Å²) in [6.07, 6.45) is 0.606. The minimum Gasteiger partial charge on any atom is -0.462 e. The first-order valence-corrected chi connectivity index (χ1v) is 12.0. The van der Waals surface area contributed by atoms with Crippen molar-refractivity contribution in [2.24, 2.45) is 0 Å². The van der Waals surface area contributed by atoms with Crippen LogP contribution < -0.4 is 9.80 Å². The Labute approximate surface area is 211 Å². The van der Waals surface area contributed by atoms with Crippen LogP contribution in [0.4, 0.5) is 15.8 Å². The number of ether oxygens (including phenoxy) is 2. The van der Waals surface area contributed by atoms with Gasteiger partial charge in [-0.3, -0.25) is 19.3 Å². The topological polar surface area (TPSA) is 79.4 Å². The van der Waals surface area contributed by atoms with Crippen molar-refractivity contribution in [3.05, 3.63) is 59.4 Å². The molecule has 2 aromatic rings. The Morgan fingerprint density at radius 1 is 1.06 bits per heavy atom. The van der Waals surface area contributed by atoms with E-state index in [1.165, 1.54) is 11.0 Å². The van der Waals surface area contributed by atoms with E-state index in [4.69, 9.17) is 4.74 Å². The molecule has 0 spiro atoms. The average Bonchev–Trinajstić information content (AvgIpc) is 3.09. The van der Waals surface area contributed by atoms with E-state index in [-0.39, 0.29) is 23.2 Å². The molecule has 1 saturated heterocycles. The van der Waals surface area contributed by atoms with Crippen molar-refractivity contribution >= 4 is 29.7 Å². The van der Waals surface area contributed by atoms with E-state index in [0.717, 1.165) is 5.69 Å². The molecule has 194 valence electrons. The van der Waals surface area contributed by atoms with Gasteiger partial charge in [0.25, 0.3) is 18.3 Å². The summed E-state index contributed by atoms with van der Waals surface area (Å²) >= 11 is 0. The van der Waals surface area contributed by atoms with Crippen LogP contribution in [0.5, 0.6) is 0 Å². The fourth-order valence-electron chi connectivity index (χ4n) is 3.98. The molecule has 8 nitrogen and oxygen atoms in total. The first-order valence-electron chi connectivity index (χ1n) is 12.0. The molecule has 0 unspecified atom stereocenters. The minimum absolute atomic E-state index is 0.242. The summed E-state index contributed by atoms with van der Waals surface area (Å²) in [6.45, 7) is 9.45. The summed E-state index contributed by atoms with van der Waals surface area (Å²) in [7, 11) is 1.88. The number of amides is 2. The van der Waals surface area contributed by atoms with Crippen molar-refractivity contribution in [2.45, 2.75) is 32.8 Å². The molecule has 0 saturated carbocycles. The van der Waals surface area contributed by atoms with Gasteiger partial charge in [-0.2, -0.15) is 0 Å². The molecule has 0 aromatic heterocycles. The molecule has 0 radical (unpaired) electrons. The molecule has 0 atom stereocenters. The van der Waals surface area contributed by atoms with Crippen molar-refractivity contribution in [1.29, 1.82) is 0 Å². The second-order valence-corrected chi connectivity index (χ2v) is 9.64. The van der Waals surface area contributed by atoms with Gasteiger partial charge in [0.05, 0.1) is 30.0 Å². The van der Waals surface area contributed by atoms with Crippen LogP contribution in [0, 0.1) is 5.82 Å². The van der Waals surface area contributed by atoms with Gasteiger partial charge in [0.2, 0.25) is 0 Å². The maximum atomic E-state index is 14.6. The molecule has 2 aliphatic rings. The summed E-state index contributed by atoms with van der Waals surface area (Å²) in [5.74, 6) is -0.736. The lowest BCUT2D eigenvalue weighted by molar-refractivity contribution is -0.138. The third-order valence-electron chi connectivity index (χ3n) is 5.88. The number of benzene rings is 2. The van der Waals surface area contributed by atoms with Gasteiger partial charge in [-0.1, -0.05) is 12.1 Å². The fourth-order valence-corrected chi connectivity index (χ4v) is 3.98. The highest BCUT2D eigenvalue weighted by Gasteiger charge is 2.34. The lowest BCUT2D eigenvalue weighted by Gasteiger charge is -2.30. The van der Waals surface area contributed by atoms with Crippen LogP contribution >= 0.6 is 0 Å². The molecule has 0 N–H and O–H groups in total. The van der Waals surface area contributed by atoms with Gasteiger partial charge >= 0.3 is 0 Å². The highest BCUT2D eigenvalue weighted by Crippen LogP contribution is 2.26. The van der Waals surface area contributed by atoms with Gasteiger partial charge in [0.1, 0.15) is 11.4 Å². The van der Waals surface area contributed by atoms with E-state index in [1.54, 1.807) is 30.3 Å². The zero-order valence-electron chi connectivity index (χ0n) is 21.3. The quantitative estimate of drug-likeness (QED) is 0.424. The van der Waals surface area contributed by atoms with Crippen molar-refractivity contribution in [3.8, 4) is 0 Å². The number of hydrogen-bond acceptors (Lipinski definition) is 7. The zero-order valence-corrected chi connectivity index (χ0v) is 21.3. The Bertz CT molecular complexity index is 1040. The number of imide groups is 1. The van der Waals surface area contributed by atoms with Crippen LogP contribution in [-0.2, 0) is 14.3 Å². The maximum absolute atomic E-state index is 14.6. The number of carbonyl (C=O) groups is 3. The van der Waals surface area contributed by atoms with Crippen LogP contribution in [0.25, 0.3) is 0 Å². The van der Waals surface area contributed by atoms with Gasteiger partial charge in [-0.05, 0) is 57.5 Å². The predicted molar refractivity (Wildman–Crippen MR) is 136 cm³/mol. The average molecular weight is 500 g/mol. The van der Waals surface area contributed by atoms with Crippen molar-refractivity contribution < 1.29 is 28.2 Å². The molecule has 4 rings (SSSR count). The monoisotopic (exact) mass is 499 g/mol. The number of halogens is 1. The molecule has 2 aromatic carbocycles. The second-order valence-electron chi connectivity index (χ2n) is 9.64. The van der Waals surface area contributed by atoms with E-state index < -0.39 is 0 Å². The largest absolute Gasteiger partial charge is 0.462 e. The Morgan fingerprint density at radius 2 is 1.67 bits per heavy atom. The number of carbonyl (C=O) groups excluding carboxylic acids is 3. The third kappa shape index (κ3) is 6.81. The Kier molecular flexibility index (Phi) is 9.03. The van der Waals surface area contributed by atoms with Crippen molar-refractivity contribution in [3.63, 3.8) is 0 Å². The van der Waals surface area contributed by atoms with Crippen molar-refractivity contribution in [1.82, 2.24) is 4.90 Å². The molecule has 2 heterocycles. The molecular weight excluding hydrogens is 465 g/mol. The number of fused-ring (bicyclic) bond motifs is 1. The molecule has 1 fully saturated rings. The van der Waals surface area contributed by atoms with E-state index in [0.29, 0.717) is 69.1 Å². The molecule has 0 aliphatic carbocycles. The van der Waals surface area contributed by atoms with Crippen LogP contribution in [0.1, 0.15) is 47.9 Å². The van der Waals surface area contributed by atoms with E-state index in [1.807, 2.05) is 43.7 Å². The van der Waals surface area contributed by atoms with Gasteiger partial charge in [0.15, 0.2) is 0 Å². The van der Waals surface area contributed by atoms with Gasteiger partial charge in [-0.25, -0.2) is 4.39 Å². The normalized spacial score (nSPS) is 15.2. The molecular formula is C27H34FN3O5.